The Morgan fingerprint density at radius 3 is 1.89 bits per heavy atom. The van der Waals surface area contributed by atoms with E-state index < -0.39 is 5.97 Å². The number of carboxylic acids is 1. The van der Waals surface area contributed by atoms with Crippen LogP contribution in [-0.2, 0) is 4.79 Å². The number of nitrogens with zero attached hydrogens (tertiary/aromatic N) is 1. The topological polar surface area (TPSA) is 49.8 Å². The number of ether oxygens (including phenoxy) is 1. The Hall–Kier alpha value is -1.97. The van der Waals surface area contributed by atoms with Gasteiger partial charge < -0.3 is 14.7 Å². The van der Waals surface area contributed by atoms with Crippen LogP contribution in [0, 0.1) is 0 Å². The third-order valence-electron chi connectivity index (χ3n) is 7.45. The molecular weight excluding hydrogens is 434 g/mol. The van der Waals surface area contributed by atoms with Gasteiger partial charge in [0.15, 0.2) is 0 Å². The van der Waals surface area contributed by atoms with Crippen molar-refractivity contribution < 1.29 is 14.6 Å². The number of aliphatic carboxylic acids is 1. The molecule has 4 nitrogen and oxygen atoms in total. The number of hydrogen-bond acceptors (Lipinski definition) is 3. The van der Waals surface area contributed by atoms with Crippen molar-refractivity contribution in [3.05, 3.63) is 29.8 Å². The molecule has 0 spiro atoms. The summed E-state index contributed by atoms with van der Waals surface area (Å²) in [6, 6.07) is 6.34. The van der Waals surface area contributed by atoms with Gasteiger partial charge in [0.2, 0.25) is 0 Å². The maximum absolute atomic E-state index is 10.8. The zero-order valence-corrected chi connectivity index (χ0v) is 22.8. The number of rotatable bonds is 19. The second-order valence-corrected chi connectivity index (χ2v) is 10.5. The molecule has 1 aliphatic heterocycles. The minimum Gasteiger partial charge on any atom is -0.486 e. The molecule has 0 fully saturated rings. The number of fused-ring (bicyclic) bond motifs is 1. The smallest absolute Gasteiger partial charge is 0.328 e. The maximum Gasteiger partial charge on any atom is 0.328 e. The molecular formula is C31H51NO3. The first-order valence-electron chi connectivity index (χ1n) is 14.5. The minimum atomic E-state index is -0.934. The van der Waals surface area contributed by atoms with E-state index in [4.69, 9.17) is 9.84 Å². The molecule has 0 amide bonds. The first-order chi connectivity index (χ1) is 17.0. The van der Waals surface area contributed by atoms with Crippen molar-refractivity contribution >= 4 is 17.7 Å². The van der Waals surface area contributed by atoms with Crippen LogP contribution >= 0.6 is 0 Å². The summed E-state index contributed by atoms with van der Waals surface area (Å²) < 4.78 is 6.13. The number of unbranched alkanes of at least 4 members (excludes halogenated alkanes) is 15. The molecule has 0 saturated carbocycles. The van der Waals surface area contributed by atoms with Gasteiger partial charge in [-0.1, -0.05) is 109 Å². The maximum atomic E-state index is 10.8. The molecule has 0 bridgehead atoms. The van der Waals surface area contributed by atoms with Gasteiger partial charge in [0, 0.05) is 12.6 Å². The Kier molecular flexibility index (Phi) is 14.6. The van der Waals surface area contributed by atoms with Crippen LogP contribution < -0.4 is 9.64 Å². The predicted molar refractivity (Wildman–Crippen MR) is 150 cm³/mol. The SMILES string of the molecule is CCCCCCCCCCCCCCCCCCN1c2ccc(/C=C\C(=O)O)cc2OC(C)C1C. The largest absolute Gasteiger partial charge is 0.486 e. The Labute approximate surface area is 215 Å². The predicted octanol–water partition coefficient (Wildman–Crippen LogP) is 9.02. The second-order valence-electron chi connectivity index (χ2n) is 10.5. The number of carboxylic acid groups (broad SMARTS) is 1. The molecule has 1 aliphatic rings. The van der Waals surface area contributed by atoms with Gasteiger partial charge in [-0.05, 0) is 44.0 Å². The summed E-state index contributed by atoms with van der Waals surface area (Å²) in [5, 5.41) is 8.87. The van der Waals surface area contributed by atoms with Crippen LogP contribution in [-0.4, -0.2) is 29.8 Å². The van der Waals surface area contributed by atoms with E-state index in [2.05, 4.69) is 31.7 Å². The van der Waals surface area contributed by atoms with Gasteiger partial charge >= 0.3 is 5.97 Å². The van der Waals surface area contributed by atoms with E-state index in [-0.39, 0.29) is 6.10 Å². The number of carbonyl (C=O) groups is 1. The van der Waals surface area contributed by atoms with E-state index in [1.807, 2.05) is 12.1 Å². The average Bonchev–Trinajstić information content (AvgIpc) is 2.84. The lowest BCUT2D eigenvalue weighted by Crippen LogP contribution is -2.47. The monoisotopic (exact) mass is 485 g/mol. The van der Waals surface area contributed by atoms with Gasteiger partial charge in [-0.2, -0.15) is 0 Å². The number of hydrogen-bond donors (Lipinski definition) is 1. The molecule has 2 atom stereocenters. The van der Waals surface area contributed by atoms with Crippen LogP contribution in [0.1, 0.15) is 129 Å². The molecule has 0 radical (unpaired) electrons. The molecule has 2 unspecified atom stereocenters. The van der Waals surface area contributed by atoms with E-state index in [9.17, 15) is 4.79 Å². The Bertz CT molecular complexity index is 745. The fourth-order valence-corrected chi connectivity index (χ4v) is 5.06. The zero-order chi connectivity index (χ0) is 25.3. The zero-order valence-electron chi connectivity index (χ0n) is 22.8. The normalized spacial score (nSPS) is 17.5. The third kappa shape index (κ3) is 11.5. The van der Waals surface area contributed by atoms with Gasteiger partial charge in [-0.3, -0.25) is 0 Å². The molecule has 2 rings (SSSR count). The van der Waals surface area contributed by atoms with Crippen molar-refractivity contribution in [3.63, 3.8) is 0 Å². The number of anilines is 1. The highest BCUT2D eigenvalue weighted by molar-refractivity contribution is 5.85. The highest BCUT2D eigenvalue weighted by Gasteiger charge is 2.29. The molecule has 1 aromatic carbocycles. The summed E-state index contributed by atoms with van der Waals surface area (Å²) in [5.74, 6) is -0.0737. The lowest BCUT2D eigenvalue weighted by Gasteiger charge is -2.41. The summed E-state index contributed by atoms with van der Waals surface area (Å²) in [7, 11) is 0. The van der Waals surface area contributed by atoms with Crippen molar-refractivity contribution in [1.82, 2.24) is 0 Å². The van der Waals surface area contributed by atoms with Crippen LogP contribution in [0.15, 0.2) is 24.3 Å². The summed E-state index contributed by atoms with van der Waals surface area (Å²) >= 11 is 0. The molecule has 1 aromatic rings. The van der Waals surface area contributed by atoms with E-state index in [1.54, 1.807) is 6.08 Å². The third-order valence-corrected chi connectivity index (χ3v) is 7.45. The van der Waals surface area contributed by atoms with Crippen molar-refractivity contribution in [2.75, 3.05) is 11.4 Å². The van der Waals surface area contributed by atoms with Crippen LogP contribution in [0.3, 0.4) is 0 Å². The molecule has 0 aromatic heterocycles. The summed E-state index contributed by atoms with van der Waals surface area (Å²) in [4.78, 5) is 13.3. The van der Waals surface area contributed by atoms with E-state index >= 15 is 0 Å². The molecule has 0 aliphatic carbocycles. The Morgan fingerprint density at radius 1 is 0.857 bits per heavy atom. The van der Waals surface area contributed by atoms with Crippen molar-refractivity contribution in [2.45, 2.75) is 136 Å². The summed E-state index contributed by atoms with van der Waals surface area (Å²) in [5.41, 5.74) is 1.99. The van der Waals surface area contributed by atoms with Crippen LogP contribution in [0.25, 0.3) is 6.08 Å². The van der Waals surface area contributed by atoms with E-state index in [0.29, 0.717) is 6.04 Å². The van der Waals surface area contributed by atoms with Crippen LogP contribution in [0.5, 0.6) is 5.75 Å². The van der Waals surface area contributed by atoms with Gasteiger partial charge in [0.05, 0.1) is 11.7 Å². The fourth-order valence-electron chi connectivity index (χ4n) is 5.06. The molecule has 35 heavy (non-hydrogen) atoms. The van der Waals surface area contributed by atoms with Crippen LogP contribution in [0.4, 0.5) is 5.69 Å². The van der Waals surface area contributed by atoms with Crippen molar-refractivity contribution in [3.8, 4) is 5.75 Å². The highest BCUT2D eigenvalue weighted by atomic mass is 16.5. The minimum absolute atomic E-state index is 0.113. The fraction of sp³-hybridized carbons (Fsp3) is 0.710. The summed E-state index contributed by atoms with van der Waals surface area (Å²) in [6.45, 7) is 7.69. The number of benzene rings is 1. The molecule has 1 heterocycles. The van der Waals surface area contributed by atoms with Gasteiger partial charge in [-0.15, -0.1) is 0 Å². The standard InChI is InChI=1S/C31H51NO3/c1-4-5-6-7-8-9-10-11-12-13-14-15-16-17-18-19-24-32-26(2)27(3)35-30-25-28(20-22-29(30)32)21-23-31(33)34/h20-23,25-27H,4-19,24H2,1-3H3,(H,33,34)/b23-21-. The lowest BCUT2D eigenvalue weighted by atomic mass is 10.0. The first-order valence-corrected chi connectivity index (χ1v) is 14.5. The molecule has 198 valence electrons. The molecule has 1 N–H and O–H groups in total. The highest BCUT2D eigenvalue weighted by Crippen LogP contribution is 2.37. The second kappa shape index (κ2) is 17.5. The van der Waals surface area contributed by atoms with E-state index in [1.165, 1.54) is 109 Å². The van der Waals surface area contributed by atoms with Gasteiger partial charge in [-0.25, -0.2) is 4.79 Å². The van der Waals surface area contributed by atoms with Crippen LogP contribution in [0.2, 0.25) is 0 Å². The first kappa shape index (κ1) is 29.3. The molecule has 0 saturated heterocycles. The van der Waals surface area contributed by atoms with Crippen molar-refractivity contribution in [2.24, 2.45) is 0 Å². The van der Waals surface area contributed by atoms with Gasteiger partial charge in [0.1, 0.15) is 11.9 Å². The molecule has 4 heteroatoms. The Balaban J connectivity index is 1.56. The average molecular weight is 486 g/mol. The van der Waals surface area contributed by atoms with E-state index in [0.717, 1.165) is 23.5 Å². The Morgan fingerprint density at radius 2 is 1.37 bits per heavy atom. The quantitative estimate of drug-likeness (QED) is 0.157. The van der Waals surface area contributed by atoms with Crippen molar-refractivity contribution in [1.29, 1.82) is 0 Å². The van der Waals surface area contributed by atoms with Gasteiger partial charge in [0.25, 0.3) is 0 Å². The summed E-state index contributed by atoms with van der Waals surface area (Å²) in [6.07, 6.45) is 25.1. The lowest BCUT2D eigenvalue weighted by molar-refractivity contribution is -0.131.